The number of carbonyl (C=O) groups is 6. The molecular formula is C12H22N4O11. The van der Waals surface area contributed by atoms with Gasteiger partial charge in [-0.1, -0.05) is 0 Å². The van der Waals surface area contributed by atoms with Crippen LogP contribution in [0.15, 0.2) is 0 Å². The lowest BCUT2D eigenvalue weighted by molar-refractivity contribution is -0.138. The molecule has 0 aromatic rings. The molecule has 0 saturated carbocycles. The van der Waals surface area contributed by atoms with Gasteiger partial charge in [-0.3, -0.25) is 29.3 Å². The Bertz CT molecular complexity index is 466. The molecule has 0 heterocycles. The Kier molecular flexibility index (Phi) is 19.8. The second-order valence-electron chi connectivity index (χ2n) is 4.22. The Hall–Kier alpha value is -3.46. The lowest BCUT2D eigenvalue weighted by Crippen LogP contribution is -2.33. The second kappa shape index (κ2) is 18.9. The van der Waals surface area contributed by atoms with Gasteiger partial charge in [-0.15, -0.1) is 0 Å². The van der Waals surface area contributed by atoms with Gasteiger partial charge in [0.05, 0.1) is 26.1 Å². The quantitative estimate of drug-likeness (QED) is 0.154. The third-order valence-electron chi connectivity index (χ3n) is 1.76. The summed E-state index contributed by atoms with van der Waals surface area (Å²) in [7, 11) is 0. The van der Waals surface area contributed by atoms with Gasteiger partial charge in [-0.05, 0) is 0 Å². The van der Waals surface area contributed by atoms with Crippen LogP contribution in [0.1, 0.15) is 6.42 Å². The molecule has 27 heavy (non-hydrogen) atoms. The summed E-state index contributed by atoms with van der Waals surface area (Å²) < 4.78 is 0. The molecule has 0 radical (unpaired) electrons. The number of rotatable bonds is 11. The summed E-state index contributed by atoms with van der Waals surface area (Å²) in [5.74, 6) is -5.14. The molecule has 0 saturated heterocycles. The zero-order valence-corrected chi connectivity index (χ0v) is 14.0. The highest BCUT2D eigenvalue weighted by molar-refractivity contribution is 5.78. The van der Waals surface area contributed by atoms with Gasteiger partial charge >= 0.3 is 35.9 Å². The Morgan fingerprint density at radius 2 is 0.963 bits per heavy atom. The van der Waals surface area contributed by atoms with Crippen LogP contribution in [0.4, 0.5) is 4.79 Å². The molecule has 10 N–H and O–H groups in total. The van der Waals surface area contributed by atoms with E-state index in [1.165, 1.54) is 0 Å². The first kappa shape index (κ1) is 28.3. The molecule has 0 aliphatic rings. The minimum atomic E-state index is -1.11. The molecule has 0 atom stereocenters. The fraction of sp³-hybridized carbons (Fsp3) is 0.500. The SMILES string of the molecule is NC(=O)NCC(=O)O.O=C(O)CCNCC(=O)O.O=C(O)CNCC(=O)O. The highest BCUT2D eigenvalue weighted by atomic mass is 16.4. The lowest BCUT2D eigenvalue weighted by Gasteiger charge is -1.95. The summed E-state index contributed by atoms with van der Waals surface area (Å²) in [5, 5.41) is 46.5. The number of amides is 2. The zero-order valence-electron chi connectivity index (χ0n) is 14.0. The van der Waals surface area contributed by atoms with Gasteiger partial charge in [0.15, 0.2) is 0 Å². The molecule has 15 heteroatoms. The molecule has 0 rings (SSSR count). The molecule has 2 amide bonds. The summed E-state index contributed by atoms with van der Waals surface area (Å²) in [6, 6.07) is -0.826. The fourth-order valence-electron chi connectivity index (χ4n) is 0.830. The van der Waals surface area contributed by atoms with E-state index < -0.39 is 42.4 Å². The van der Waals surface area contributed by atoms with Crippen molar-refractivity contribution in [1.29, 1.82) is 0 Å². The number of hydrogen-bond acceptors (Lipinski definition) is 8. The number of carboxylic acid groups (broad SMARTS) is 5. The van der Waals surface area contributed by atoms with Gasteiger partial charge in [0.1, 0.15) is 6.54 Å². The third-order valence-corrected chi connectivity index (χ3v) is 1.76. The predicted molar refractivity (Wildman–Crippen MR) is 86.1 cm³/mol. The van der Waals surface area contributed by atoms with Gasteiger partial charge in [-0.25, -0.2) is 4.79 Å². The van der Waals surface area contributed by atoms with Crippen molar-refractivity contribution in [3.63, 3.8) is 0 Å². The topological polar surface area (TPSA) is 266 Å². The molecule has 0 spiro atoms. The van der Waals surface area contributed by atoms with Gasteiger partial charge < -0.3 is 41.9 Å². The number of carboxylic acids is 5. The molecule has 0 bridgehead atoms. The highest BCUT2D eigenvalue weighted by Gasteiger charge is 1.98. The number of hydrogen-bond donors (Lipinski definition) is 9. The van der Waals surface area contributed by atoms with E-state index >= 15 is 0 Å². The second-order valence-corrected chi connectivity index (χ2v) is 4.22. The normalized spacial score (nSPS) is 8.74. The Morgan fingerprint density at radius 3 is 1.22 bits per heavy atom. The van der Waals surface area contributed by atoms with Crippen molar-refractivity contribution >= 4 is 35.9 Å². The van der Waals surface area contributed by atoms with Crippen molar-refractivity contribution in [2.24, 2.45) is 5.73 Å². The molecule has 0 aliphatic carbocycles. The van der Waals surface area contributed by atoms with E-state index in [-0.39, 0.29) is 32.6 Å². The minimum Gasteiger partial charge on any atom is -0.481 e. The van der Waals surface area contributed by atoms with E-state index in [1.54, 1.807) is 0 Å². The van der Waals surface area contributed by atoms with Crippen LogP contribution in [0.3, 0.4) is 0 Å². The number of primary amides is 1. The van der Waals surface area contributed by atoms with Crippen LogP contribution < -0.4 is 21.7 Å². The van der Waals surface area contributed by atoms with E-state index in [0.29, 0.717) is 0 Å². The molecule has 0 aromatic carbocycles. The lowest BCUT2D eigenvalue weighted by atomic mass is 10.4. The number of aliphatic carboxylic acids is 5. The van der Waals surface area contributed by atoms with Crippen LogP contribution >= 0.6 is 0 Å². The standard InChI is InChI=1S/C5H9NO4.C4H7NO4.C3H6N2O3/c7-4(8)1-2-6-3-5(9)10;6-3(7)1-5-2-4(8)9;4-3(8)5-1-2(6)7/h6H,1-3H2,(H,7,8)(H,9,10);5H,1-2H2,(H,6,7)(H,8,9);1H2,(H,6,7)(H3,4,5,8). The third kappa shape index (κ3) is 45.0. The maximum absolute atomic E-state index is 9.86. The van der Waals surface area contributed by atoms with Gasteiger partial charge in [0.2, 0.25) is 0 Å². The zero-order chi connectivity index (χ0) is 21.8. The fourth-order valence-corrected chi connectivity index (χ4v) is 0.830. The summed E-state index contributed by atoms with van der Waals surface area (Å²) in [5.41, 5.74) is 4.53. The monoisotopic (exact) mass is 398 g/mol. The minimum absolute atomic E-state index is 0.0483. The molecule has 0 fully saturated rings. The average molecular weight is 398 g/mol. The van der Waals surface area contributed by atoms with Crippen LogP contribution in [0, 0.1) is 0 Å². The van der Waals surface area contributed by atoms with Crippen LogP contribution in [0.25, 0.3) is 0 Å². The van der Waals surface area contributed by atoms with Gasteiger partial charge in [0, 0.05) is 6.54 Å². The van der Waals surface area contributed by atoms with E-state index in [0.717, 1.165) is 0 Å². The maximum Gasteiger partial charge on any atom is 0.323 e. The molecule has 156 valence electrons. The number of nitrogens with two attached hydrogens (primary N) is 1. The molecular weight excluding hydrogens is 376 g/mol. The van der Waals surface area contributed by atoms with Crippen molar-refractivity contribution in [1.82, 2.24) is 16.0 Å². The summed E-state index contributed by atoms with van der Waals surface area (Å²) in [4.78, 5) is 58.5. The Labute approximate surface area is 152 Å². The highest BCUT2D eigenvalue weighted by Crippen LogP contribution is 1.73. The number of urea groups is 1. The van der Waals surface area contributed by atoms with Crippen molar-refractivity contribution in [2.75, 3.05) is 32.7 Å². The Balaban J connectivity index is -0.000000322. The van der Waals surface area contributed by atoms with E-state index in [1.807, 2.05) is 5.32 Å². The molecule has 0 aliphatic heterocycles. The van der Waals surface area contributed by atoms with Crippen LogP contribution in [0.5, 0.6) is 0 Å². The van der Waals surface area contributed by atoms with Crippen LogP contribution in [-0.4, -0.2) is 94.1 Å². The van der Waals surface area contributed by atoms with Gasteiger partial charge in [-0.2, -0.15) is 0 Å². The van der Waals surface area contributed by atoms with Crippen molar-refractivity contribution in [2.45, 2.75) is 6.42 Å². The number of carbonyl (C=O) groups excluding carboxylic acids is 1. The Morgan fingerprint density at radius 1 is 0.593 bits per heavy atom. The first-order chi connectivity index (χ1) is 12.4. The van der Waals surface area contributed by atoms with Crippen molar-refractivity contribution in [3.05, 3.63) is 0 Å². The van der Waals surface area contributed by atoms with E-state index in [4.69, 9.17) is 25.5 Å². The van der Waals surface area contributed by atoms with E-state index in [9.17, 15) is 28.8 Å². The van der Waals surface area contributed by atoms with Crippen molar-refractivity contribution in [3.8, 4) is 0 Å². The number of nitrogens with one attached hydrogen (secondary N) is 3. The largest absolute Gasteiger partial charge is 0.481 e. The molecule has 0 unspecified atom stereocenters. The summed E-state index contributed by atoms with van der Waals surface area (Å²) in [6.45, 7) is -1.04. The van der Waals surface area contributed by atoms with Gasteiger partial charge in [0.25, 0.3) is 0 Å². The molecule has 15 nitrogen and oxygen atoms in total. The maximum atomic E-state index is 9.86. The predicted octanol–water partition coefficient (Wildman–Crippen LogP) is -3.38. The first-order valence-electron chi connectivity index (χ1n) is 6.92. The molecule has 0 aromatic heterocycles. The van der Waals surface area contributed by atoms with Crippen LogP contribution in [-0.2, 0) is 24.0 Å². The first-order valence-corrected chi connectivity index (χ1v) is 6.92. The summed E-state index contributed by atoms with van der Waals surface area (Å²) in [6.07, 6.45) is -0.0483. The van der Waals surface area contributed by atoms with Crippen LogP contribution in [0.2, 0.25) is 0 Å². The smallest absolute Gasteiger partial charge is 0.323 e. The summed E-state index contributed by atoms with van der Waals surface area (Å²) >= 11 is 0. The average Bonchev–Trinajstić information content (AvgIpc) is 2.50. The van der Waals surface area contributed by atoms with E-state index in [2.05, 4.69) is 16.4 Å². The van der Waals surface area contributed by atoms with Crippen molar-refractivity contribution < 1.29 is 54.3 Å².